The summed E-state index contributed by atoms with van der Waals surface area (Å²) in [6, 6.07) is 2.98. The minimum Gasteiger partial charge on any atom is -0.377 e. The van der Waals surface area contributed by atoms with Crippen molar-refractivity contribution in [3.05, 3.63) is 0 Å². The lowest BCUT2D eigenvalue weighted by atomic mass is 9.99. The van der Waals surface area contributed by atoms with Crippen LogP contribution in [-0.4, -0.2) is 62.5 Å². The molecule has 0 spiro atoms. The van der Waals surface area contributed by atoms with Crippen molar-refractivity contribution >= 4 is 0 Å². The van der Waals surface area contributed by atoms with E-state index >= 15 is 0 Å². The summed E-state index contributed by atoms with van der Waals surface area (Å²) < 4.78 is 10.9. The Morgan fingerprint density at radius 2 is 1.84 bits per heavy atom. The van der Waals surface area contributed by atoms with Crippen LogP contribution in [0.2, 0.25) is 0 Å². The van der Waals surface area contributed by atoms with Crippen molar-refractivity contribution < 1.29 is 9.47 Å². The van der Waals surface area contributed by atoms with Crippen molar-refractivity contribution in [2.45, 2.75) is 50.0 Å². The summed E-state index contributed by atoms with van der Waals surface area (Å²) in [5.41, 5.74) is -0.408. The van der Waals surface area contributed by atoms with E-state index in [0.717, 1.165) is 26.1 Å². The van der Waals surface area contributed by atoms with Crippen LogP contribution in [-0.2, 0) is 9.47 Å². The van der Waals surface area contributed by atoms with Gasteiger partial charge >= 0.3 is 0 Å². The average molecular weight is 267 g/mol. The topological polar surface area (TPSA) is 57.5 Å². The minimum atomic E-state index is -0.408. The largest absolute Gasteiger partial charge is 0.377 e. The summed E-state index contributed by atoms with van der Waals surface area (Å²) >= 11 is 0. The van der Waals surface area contributed by atoms with E-state index in [0.29, 0.717) is 6.04 Å². The molecule has 1 aliphatic carbocycles. The molecule has 1 saturated heterocycles. The van der Waals surface area contributed by atoms with Crippen LogP contribution < -0.4 is 5.32 Å². The number of rotatable bonds is 7. The Morgan fingerprint density at radius 1 is 1.26 bits per heavy atom. The number of nitrogens with zero attached hydrogens (tertiary/aromatic N) is 2. The molecule has 19 heavy (non-hydrogen) atoms. The predicted molar refractivity (Wildman–Crippen MR) is 72.8 cm³/mol. The van der Waals surface area contributed by atoms with Gasteiger partial charge in [0.05, 0.1) is 18.3 Å². The molecule has 3 unspecified atom stereocenters. The number of likely N-dealkylation sites (tertiary alicyclic amines) is 1. The number of nitrogens with one attached hydrogen (secondary N) is 1. The van der Waals surface area contributed by atoms with Crippen LogP contribution in [0.25, 0.3) is 0 Å². The molecule has 2 rings (SSSR count). The van der Waals surface area contributed by atoms with Crippen LogP contribution in [0.3, 0.4) is 0 Å². The van der Waals surface area contributed by atoms with Crippen molar-refractivity contribution in [2.24, 2.45) is 0 Å². The van der Waals surface area contributed by atoms with Crippen LogP contribution in [0.4, 0.5) is 0 Å². The van der Waals surface area contributed by atoms with Crippen LogP contribution in [0.15, 0.2) is 0 Å². The summed E-state index contributed by atoms with van der Waals surface area (Å²) in [6.45, 7) is 4.69. The Hall–Kier alpha value is -0.670. The number of methoxy groups -OCH3 is 2. The molecule has 5 heteroatoms. The first-order valence-corrected chi connectivity index (χ1v) is 7.07. The third kappa shape index (κ3) is 3.90. The summed E-state index contributed by atoms with van der Waals surface area (Å²) in [5.74, 6) is 0. The maximum Gasteiger partial charge on any atom is 0.105 e. The van der Waals surface area contributed by atoms with Gasteiger partial charge in [0.2, 0.25) is 0 Å². The maximum absolute atomic E-state index is 9.35. The quantitative estimate of drug-likeness (QED) is 0.738. The third-order valence-corrected chi connectivity index (χ3v) is 4.17. The standard InChI is InChI=1S/C14H25N3O2/c1-14(10-15,16-11-4-5-11)6-7-17-8-12(18-2)13(9-17)19-3/h11-13,16H,4-9H2,1-3H3. The highest BCUT2D eigenvalue weighted by atomic mass is 16.5. The maximum atomic E-state index is 9.35. The summed E-state index contributed by atoms with van der Waals surface area (Å²) in [5, 5.41) is 12.8. The molecule has 0 bridgehead atoms. The van der Waals surface area contributed by atoms with Gasteiger partial charge in [-0.3, -0.25) is 10.2 Å². The highest BCUT2D eigenvalue weighted by Crippen LogP contribution is 2.24. The van der Waals surface area contributed by atoms with Gasteiger partial charge in [-0.05, 0) is 26.2 Å². The van der Waals surface area contributed by atoms with Gasteiger partial charge in [0.25, 0.3) is 0 Å². The Morgan fingerprint density at radius 3 is 2.26 bits per heavy atom. The Bertz CT molecular complexity index is 328. The van der Waals surface area contributed by atoms with Gasteiger partial charge in [0.1, 0.15) is 5.54 Å². The van der Waals surface area contributed by atoms with E-state index < -0.39 is 5.54 Å². The van der Waals surface area contributed by atoms with E-state index in [9.17, 15) is 5.26 Å². The molecular weight excluding hydrogens is 242 g/mol. The van der Waals surface area contributed by atoms with Gasteiger partial charge in [-0.15, -0.1) is 0 Å². The molecule has 5 nitrogen and oxygen atoms in total. The van der Waals surface area contributed by atoms with E-state index in [1.807, 2.05) is 6.92 Å². The van der Waals surface area contributed by atoms with Gasteiger partial charge in [0.15, 0.2) is 0 Å². The second kappa shape index (κ2) is 6.19. The van der Waals surface area contributed by atoms with Crippen molar-refractivity contribution in [1.82, 2.24) is 10.2 Å². The van der Waals surface area contributed by atoms with Gasteiger partial charge in [-0.25, -0.2) is 0 Å². The lowest BCUT2D eigenvalue weighted by Gasteiger charge is -2.26. The molecule has 0 aromatic heterocycles. The van der Waals surface area contributed by atoms with Crippen LogP contribution in [0, 0.1) is 11.3 Å². The first-order valence-electron chi connectivity index (χ1n) is 7.07. The Labute approximate surface area is 115 Å². The fourth-order valence-corrected chi connectivity index (χ4v) is 2.67. The van der Waals surface area contributed by atoms with E-state index in [2.05, 4.69) is 16.3 Å². The summed E-state index contributed by atoms with van der Waals surface area (Å²) in [4.78, 5) is 2.33. The smallest absolute Gasteiger partial charge is 0.105 e. The van der Waals surface area contributed by atoms with Gasteiger partial charge in [0, 0.05) is 39.9 Å². The van der Waals surface area contributed by atoms with E-state index in [-0.39, 0.29) is 12.2 Å². The lowest BCUT2D eigenvalue weighted by molar-refractivity contribution is -0.00461. The molecule has 1 aliphatic heterocycles. The first-order chi connectivity index (χ1) is 9.10. The van der Waals surface area contributed by atoms with Crippen LogP contribution >= 0.6 is 0 Å². The third-order valence-electron chi connectivity index (χ3n) is 4.17. The minimum absolute atomic E-state index is 0.148. The van der Waals surface area contributed by atoms with Crippen LogP contribution in [0.5, 0.6) is 0 Å². The molecule has 2 fully saturated rings. The van der Waals surface area contributed by atoms with Gasteiger partial charge in [-0.2, -0.15) is 5.26 Å². The highest BCUT2D eigenvalue weighted by molar-refractivity contribution is 5.07. The second-order valence-electron chi connectivity index (χ2n) is 5.92. The number of nitriles is 1. The molecule has 0 aromatic rings. The lowest BCUT2D eigenvalue weighted by Crippen LogP contribution is -2.45. The van der Waals surface area contributed by atoms with E-state index in [1.165, 1.54) is 12.8 Å². The summed E-state index contributed by atoms with van der Waals surface area (Å²) in [6.07, 6.45) is 3.55. The van der Waals surface area contributed by atoms with Crippen molar-refractivity contribution in [2.75, 3.05) is 33.9 Å². The Balaban J connectivity index is 1.80. The number of hydrogen-bond acceptors (Lipinski definition) is 5. The van der Waals surface area contributed by atoms with E-state index in [4.69, 9.17) is 9.47 Å². The molecule has 2 aliphatic rings. The monoisotopic (exact) mass is 267 g/mol. The molecule has 0 amide bonds. The fraction of sp³-hybridized carbons (Fsp3) is 0.929. The zero-order valence-electron chi connectivity index (χ0n) is 12.2. The Kier molecular flexibility index (Phi) is 4.80. The van der Waals surface area contributed by atoms with Crippen LogP contribution in [0.1, 0.15) is 26.2 Å². The van der Waals surface area contributed by atoms with Crippen molar-refractivity contribution in [1.29, 1.82) is 5.26 Å². The van der Waals surface area contributed by atoms with E-state index in [1.54, 1.807) is 14.2 Å². The number of hydrogen-bond donors (Lipinski definition) is 1. The molecule has 1 N–H and O–H groups in total. The fourth-order valence-electron chi connectivity index (χ4n) is 2.67. The second-order valence-corrected chi connectivity index (χ2v) is 5.92. The molecule has 0 aromatic carbocycles. The molecule has 1 saturated carbocycles. The number of ether oxygens (including phenoxy) is 2. The van der Waals surface area contributed by atoms with Gasteiger partial charge in [-0.1, -0.05) is 0 Å². The average Bonchev–Trinajstić information content (AvgIpc) is 3.13. The molecular formula is C14H25N3O2. The predicted octanol–water partition coefficient (Wildman–Crippen LogP) is 0.756. The molecule has 1 heterocycles. The van der Waals surface area contributed by atoms with Crippen molar-refractivity contribution in [3.63, 3.8) is 0 Å². The first kappa shape index (κ1) is 14.7. The molecule has 108 valence electrons. The SMILES string of the molecule is COC1CN(CCC(C)(C#N)NC2CC2)CC1OC. The summed E-state index contributed by atoms with van der Waals surface area (Å²) in [7, 11) is 3.46. The van der Waals surface area contributed by atoms with Gasteiger partial charge < -0.3 is 9.47 Å². The normalized spacial score (nSPS) is 31.1. The van der Waals surface area contributed by atoms with Crippen molar-refractivity contribution in [3.8, 4) is 6.07 Å². The molecule has 0 radical (unpaired) electrons. The zero-order valence-corrected chi connectivity index (χ0v) is 12.2. The highest BCUT2D eigenvalue weighted by Gasteiger charge is 2.36. The zero-order chi connectivity index (χ0) is 13.9. The molecule has 3 atom stereocenters.